The highest BCUT2D eigenvalue weighted by atomic mass is 16.2. The zero-order valence-corrected chi connectivity index (χ0v) is 17.2. The molecular weight excluding hydrogens is 372 g/mol. The minimum Gasteiger partial charge on any atom is -0.352 e. The summed E-state index contributed by atoms with van der Waals surface area (Å²) in [5.74, 6) is 0.0926. The summed E-state index contributed by atoms with van der Waals surface area (Å²) in [7, 11) is 0. The third-order valence-corrected chi connectivity index (χ3v) is 5.52. The molecule has 2 amide bonds. The monoisotopic (exact) mass is 398 g/mol. The Morgan fingerprint density at radius 2 is 1.77 bits per heavy atom. The SMILES string of the molecule is Cc1cccc(C(=O)N2CCc3cc(CNC(=O)CCc4ccccc4)ccc32)c1. The summed E-state index contributed by atoms with van der Waals surface area (Å²) in [6.07, 6.45) is 2.06. The second-order valence-electron chi connectivity index (χ2n) is 7.80. The predicted molar refractivity (Wildman–Crippen MR) is 120 cm³/mol. The lowest BCUT2D eigenvalue weighted by atomic mass is 10.1. The van der Waals surface area contributed by atoms with Gasteiger partial charge < -0.3 is 10.2 Å². The maximum Gasteiger partial charge on any atom is 0.258 e. The van der Waals surface area contributed by atoms with E-state index in [4.69, 9.17) is 0 Å². The van der Waals surface area contributed by atoms with E-state index >= 15 is 0 Å². The molecule has 3 aromatic carbocycles. The number of amides is 2. The van der Waals surface area contributed by atoms with Crippen LogP contribution in [0.2, 0.25) is 0 Å². The summed E-state index contributed by atoms with van der Waals surface area (Å²) in [4.78, 5) is 27.0. The quantitative estimate of drug-likeness (QED) is 0.667. The van der Waals surface area contributed by atoms with Crippen LogP contribution in [0.25, 0.3) is 0 Å². The van der Waals surface area contributed by atoms with E-state index in [1.165, 1.54) is 5.56 Å². The molecule has 0 unspecified atom stereocenters. The molecule has 4 heteroatoms. The van der Waals surface area contributed by atoms with Crippen molar-refractivity contribution in [3.63, 3.8) is 0 Å². The highest BCUT2D eigenvalue weighted by molar-refractivity contribution is 6.07. The van der Waals surface area contributed by atoms with Crippen molar-refractivity contribution >= 4 is 17.5 Å². The fourth-order valence-electron chi connectivity index (χ4n) is 3.90. The van der Waals surface area contributed by atoms with Crippen molar-refractivity contribution in [2.45, 2.75) is 32.7 Å². The van der Waals surface area contributed by atoms with E-state index < -0.39 is 0 Å². The molecule has 0 aliphatic carbocycles. The maximum absolute atomic E-state index is 12.9. The fraction of sp³-hybridized carbons (Fsp3) is 0.231. The Kier molecular flexibility index (Phi) is 5.94. The van der Waals surface area contributed by atoms with Gasteiger partial charge in [0.1, 0.15) is 0 Å². The number of nitrogens with zero attached hydrogens (tertiary/aromatic N) is 1. The van der Waals surface area contributed by atoms with Gasteiger partial charge in [-0.3, -0.25) is 9.59 Å². The molecule has 0 fully saturated rings. The molecule has 152 valence electrons. The number of carbonyl (C=O) groups excluding carboxylic acids is 2. The first kappa shape index (κ1) is 19.9. The molecule has 4 rings (SSSR count). The number of hydrogen-bond acceptors (Lipinski definition) is 2. The van der Waals surface area contributed by atoms with E-state index in [1.54, 1.807) is 0 Å². The molecule has 1 N–H and O–H groups in total. The van der Waals surface area contributed by atoms with Crippen molar-refractivity contribution in [2.75, 3.05) is 11.4 Å². The summed E-state index contributed by atoms with van der Waals surface area (Å²) >= 11 is 0. The van der Waals surface area contributed by atoms with Crippen LogP contribution in [0.4, 0.5) is 5.69 Å². The first-order valence-corrected chi connectivity index (χ1v) is 10.4. The zero-order valence-electron chi connectivity index (χ0n) is 17.2. The van der Waals surface area contributed by atoms with Gasteiger partial charge in [-0.1, -0.05) is 60.2 Å². The number of carbonyl (C=O) groups is 2. The number of anilines is 1. The third-order valence-electron chi connectivity index (χ3n) is 5.52. The lowest BCUT2D eigenvalue weighted by Gasteiger charge is -2.18. The van der Waals surface area contributed by atoms with Crippen LogP contribution in [0.1, 0.15) is 39.0 Å². The Balaban J connectivity index is 1.35. The highest BCUT2D eigenvalue weighted by Crippen LogP contribution is 2.30. The van der Waals surface area contributed by atoms with Gasteiger partial charge in [0.25, 0.3) is 5.91 Å². The van der Waals surface area contributed by atoms with Gasteiger partial charge in [-0.15, -0.1) is 0 Å². The van der Waals surface area contributed by atoms with E-state index in [9.17, 15) is 9.59 Å². The van der Waals surface area contributed by atoms with Crippen LogP contribution >= 0.6 is 0 Å². The third kappa shape index (κ3) is 4.60. The molecule has 0 saturated carbocycles. The molecule has 4 nitrogen and oxygen atoms in total. The number of fused-ring (bicyclic) bond motifs is 1. The van der Waals surface area contributed by atoms with Crippen molar-refractivity contribution in [3.8, 4) is 0 Å². The first-order valence-electron chi connectivity index (χ1n) is 10.4. The topological polar surface area (TPSA) is 49.4 Å². The minimum atomic E-state index is 0.0411. The molecule has 0 radical (unpaired) electrons. The molecule has 1 aliphatic rings. The number of nitrogens with one attached hydrogen (secondary N) is 1. The van der Waals surface area contributed by atoms with Crippen molar-refractivity contribution in [2.24, 2.45) is 0 Å². The predicted octanol–water partition coefficient (Wildman–Crippen LogP) is 4.45. The van der Waals surface area contributed by atoms with Crippen LogP contribution in [-0.4, -0.2) is 18.4 Å². The van der Waals surface area contributed by atoms with Crippen LogP contribution in [0, 0.1) is 6.92 Å². The Hall–Kier alpha value is -3.40. The van der Waals surface area contributed by atoms with Crippen LogP contribution in [0.3, 0.4) is 0 Å². The molecule has 3 aromatic rings. The Labute approximate surface area is 177 Å². The number of benzene rings is 3. The van der Waals surface area contributed by atoms with E-state index in [0.29, 0.717) is 19.5 Å². The van der Waals surface area contributed by atoms with Crippen molar-refractivity contribution in [1.82, 2.24) is 5.32 Å². The number of hydrogen-bond donors (Lipinski definition) is 1. The van der Waals surface area contributed by atoms with Gasteiger partial charge in [-0.05, 0) is 54.7 Å². The summed E-state index contributed by atoms with van der Waals surface area (Å²) in [5.41, 5.74) is 6.17. The zero-order chi connectivity index (χ0) is 20.9. The smallest absolute Gasteiger partial charge is 0.258 e. The Bertz CT molecular complexity index is 1060. The van der Waals surface area contributed by atoms with E-state index in [-0.39, 0.29) is 11.8 Å². The number of rotatable bonds is 6. The number of aryl methyl sites for hydroxylation is 2. The molecule has 0 aromatic heterocycles. The highest BCUT2D eigenvalue weighted by Gasteiger charge is 2.25. The molecule has 0 saturated heterocycles. The van der Waals surface area contributed by atoms with Gasteiger partial charge in [0.05, 0.1) is 0 Å². The van der Waals surface area contributed by atoms with E-state index in [1.807, 2.05) is 78.6 Å². The fourth-order valence-corrected chi connectivity index (χ4v) is 3.90. The first-order chi connectivity index (χ1) is 14.6. The largest absolute Gasteiger partial charge is 0.352 e. The van der Waals surface area contributed by atoms with Gasteiger partial charge in [-0.25, -0.2) is 0 Å². The van der Waals surface area contributed by atoms with Crippen molar-refractivity contribution < 1.29 is 9.59 Å². The summed E-state index contributed by atoms with van der Waals surface area (Å²) in [6.45, 7) is 3.19. The van der Waals surface area contributed by atoms with Gasteiger partial charge in [0.2, 0.25) is 5.91 Å². The second kappa shape index (κ2) is 8.95. The molecule has 0 spiro atoms. The van der Waals surface area contributed by atoms with Gasteiger partial charge in [0.15, 0.2) is 0 Å². The molecule has 0 atom stereocenters. The van der Waals surface area contributed by atoms with E-state index in [0.717, 1.165) is 40.8 Å². The van der Waals surface area contributed by atoms with E-state index in [2.05, 4.69) is 11.4 Å². The van der Waals surface area contributed by atoms with Gasteiger partial charge >= 0.3 is 0 Å². The van der Waals surface area contributed by atoms with Crippen LogP contribution in [0.5, 0.6) is 0 Å². The molecule has 1 heterocycles. The van der Waals surface area contributed by atoms with Crippen LogP contribution < -0.4 is 10.2 Å². The van der Waals surface area contributed by atoms with Crippen LogP contribution in [0.15, 0.2) is 72.8 Å². The van der Waals surface area contributed by atoms with Crippen molar-refractivity contribution in [3.05, 3.63) is 101 Å². The Morgan fingerprint density at radius 1 is 0.933 bits per heavy atom. The molecular formula is C26H26N2O2. The Morgan fingerprint density at radius 3 is 2.57 bits per heavy atom. The van der Waals surface area contributed by atoms with Crippen molar-refractivity contribution in [1.29, 1.82) is 0 Å². The second-order valence-corrected chi connectivity index (χ2v) is 7.80. The lowest BCUT2D eigenvalue weighted by molar-refractivity contribution is -0.121. The van der Waals surface area contributed by atoms with Crippen LogP contribution in [-0.2, 0) is 24.2 Å². The minimum absolute atomic E-state index is 0.0411. The standard InChI is InChI=1S/C26H26N2O2/c1-19-6-5-9-23(16-19)26(30)28-15-14-22-17-21(10-12-24(22)28)18-27-25(29)13-11-20-7-3-2-4-8-20/h2-10,12,16-17H,11,13-15,18H2,1H3,(H,27,29). The summed E-state index contributed by atoms with van der Waals surface area (Å²) in [6, 6.07) is 23.9. The van der Waals surface area contributed by atoms with Gasteiger partial charge in [-0.2, -0.15) is 0 Å². The average Bonchev–Trinajstić information content (AvgIpc) is 3.19. The molecule has 30 heavy (non-hydrogen) atoms. The average molecular weight is 399 g/mol. The molecule has 0 bridgehead atoms. The summed E-state index contributed by atoms with van der Waals surface area (Å²) in [5, 5.41) is 3.01. The lowest BCUT2D eigenvalue weighted by Crippen LogP contribution is -2.28. The summed E-state index contributed by atoms with van der Waals surface area (Å²) < 4.78 is 0. The van der Waals surface area contributed by atoms with Gasteiger partial charge in [0, 0.05) is 30.8 Å². The maximum atomic E-state index is 12.9. The molecule has 1 aliphatic heterocycles. The normalized spacial score (nSPS) is 12.5.